The number of rotatable bonds is 3. The van der Waals surface area contributed by atoms with E-state index < -0.39 is 0 Å². The predicted octanol–water partition coefficient (Wildman–Crippen LogP) is 2.70. The van der Waals surface area contributed by atoms with Crippen LogP contribution in [0, 0.1) is 0 Å². The summed E-state index contributed by atoms with van der Waals surface area (Å²) in [7, 11) is 0. The van der Waals surface area contributed by atoms with E-state index in [1.165, 1.54) is 10.5 Å². The van der Waals surface area contributed by atoms with Crippen molar-refractivity contribution in [2.75, 3.05) is 17.8 Å². The number of carbonyl (C=O) groups is 1. The SMILES string of the molecule is CSCC(=O)N[C@H]1CCSc2ccccc21. The lowest BCUT2D eigenvalue weighted by Crippen LogP contribution is -2.31. The third-order valence-corrected chi connectivity index (χ3v) is 4.24. The minimum Gasteiger partial charge on any atom is -0.349 e. The number of hydrogen-bond donors (Lipinski definition) is 1. The zero-order valence-corrected chi connectivity index (χ0v) is 10.9. The van der Waals surface area contributed by atoms with Crippen molar-refractivity contribution in [3.8, 4) is 0 Å². The Kier molecular flexibility index (Phi) is 4.18. The van der Waals surface area contributed by atoms with Gasteiger partial charge in [-0.25, -0.2) is 0 Å². The summed E-state index contributed by atoms with van der Waals surface area (Å²) in [5.74, 6) is 1.77. The predicted molar refractivity (Wildman–Crippen MR) is 71.0 cm³/mol. The van der Waals surface area contributed by atoms with Gasteiger partial charge in [0.2, 0.25) is 5.91 Å². The van der Waals surface area contributed by atoms with Crippen molar-refractivity contribution in [3.05, 3.63) is 29.8 Å². The first-order valence-corrected chi connectivity index (χ1v) is 7.69. The quantitative estimate of drug-likeness (QED) is 0.898. The van der Waals surface area contributed by atoms with E-state index in [4.69, 9.17) is 0 Å². The van der Waals surface area contributed by atoms with E-state index in [0.29, 0.717) is 5.75 Å². The molecule has 0 saturated carbocycles. The lowest BCUT2D eigenvalue weighted by Gasteiger charge is -2.25. The van der Waals surface area contributed by atoms with Gasteiger partial charge in [0, 0.05) is 10.6 Å². The summed E-state index contributed by atoms with van der Waals surface area (Å²) in [4.78, 5) is 12.9. The highest BCUT2D eigenvalue weighted by molar-refractivity contribution is 7.99. The second-order valence-corrected chi connectivity index (χ2v) is 5.73. The molecule has 0 saturated heterocycles. The number of nitrogens with one attached hydrogen (secondary N) is 1. The fourth-order valence-corrected chi connectivity index (χ4v) is 3.33. The third kappa shape index (κ3) is 2.74. The Labute approximate surface area is 105 Å². The van der Waals surface area contributed by atoms with Gasteiger partial charge < -0.3 is 5.32 Å². The van der Waals surface area contributed by atoms with E-state index in [9.17, 15) is 4.79 Å². The molecule has 0 bridgehead atoms. The van der Waals surface area contributed by atoms with Gasteiger partial charge in [0.15, 0.2) is 0 Å². The van der Waals surface area contributed by atoms with Gasteiger partial charge in [-0.15, -0.1) is 11.8 Å². The Morgan fingerprint density at radius 3 is 3.19 bits per heavy atom. The molecule has 0 unspecified atom stereocenters. The Bertz CT molecular complexity index is 381. The minimum absolute atomic E-state index is 0.138. The van der Waals surface area contributed by atoms with E-state index in [1.54, 1.807) is 11.8 Å². The number of benzene rings is 1. The molecule has 2 nitrogen and oxygen atoms in total. The number of fused-ring (bicyclic) bond motifs is 1. The normalized spacial score (nSPS) is 18.9. The van der Waals surface area contributed by atoms with Crippen LogP contribution in [0.25, 0.3) is 0 Å². The highest BCUT2D eigenvalue weighted by Crippen LogP contribution is 2.35. The van der Waals surface area contributed by atoms with Crippen LogP contribution in [0.3, 0.4) is 0 Å². The van der Waals surface area contributed by atoms with Crippen LogP contribution in [0.1, 0.15) is 18.0 Å². The summed E-state index contributed by atoms with van der Waals surface area (Å²) in [6, 6.07) is 8.55. The highest BCUT2D eigenvalue weighted by atomic mass is 32.2. The van der Waals surface area contributed by atoms with Crippen molar-refractivity contribution >= 4 is 29.4 Å². The molecule has 1 aliphatic rings. The first kappa shape index (κ1) is 11.9. The van der Waals surface area contributed by atoms with Crippen LogP contribution in [0.4, 0.5) is 0 Å². The summed E-state index contributed by atoms with van der Waals surface area (Å²) >= 11 is 3.44. The van der Waals surface area contributed by atoms with Gasteiger partial charge >= 0.3 is 0 Å². The largest absolute Gasteiger partial charge is 0.349 e. The van der Waals surface area contributed by atoms with Crippen molar-refractivity contribution < 1.29 is 4.79 Å². The van der Waals surface area contributed by atoms with Gasteiger partial charge in [-0.05, 0) is 24.3 Å². The molecule has 86 valence electrons. The molecule has 0 spiro atoms. The molecule has 0 fully saturated rings. The average Bonchev–Trinajstić information content (AvgIpc) is 2.30. The van der Waals surface area contributed by atoms with Crippen LogP contribution in [-0.4, -0.2) is 23.7 Å². The molecular formula is C12H15NOS2. The van der Waals surface area contributed by atoms with Gasteiger partial charge in [0.1, 0.15) is 0 Å². The van der Waals surface area contributed by atoms with Gasteiger partial charge in [-0.2, -0.15) is 11.8 Å². The van der Waals surface area contributed by atoms with Gasteiger partial charge in [-0.1, -0.05) is 18.2 Å². The molecule has 1 aromatic carbocycles. The lowest BCUT2D eigenvalue weighted by atomic mass is 10.0. The molecule has 1 aliphatic heterocycles. The van der Waals surface area contributed by atoms with Crippen molar-refractivity contribution in [1.29, 1.82) is 0 Å². The molecule has 0 aliphatic carbocycles. The minimum atomic E-state index is 0.138. The second kappa shape index (κ2) is 5.64. The van der Waals surface area contributed by atoms with Crippen molar-refractivity contribution in [2.45, 2.75) is 17.4 Å². The van der Waals surface area contributed by atoms with E-state index in [-0.39, 0.29) is 11.9 Å². The molecular weight excluding hydrogens is 238 g/mol. The molecule has 0 radical (unpaired) electrons. The van der Waals surface area contributed by atoms with Crippen LogP contribution in [0.15, 0.2) is 29.2 Å². The molecule has 1 heterocycles. The zero-order valence-electron chi connectivity index (χ0n) is 9.23. The van der Waals surface area contributed by atoms with Crippen LogP contribution in [0.2, 0.25) is 0 Å². The summed E-state index contributed by atoms with van der Waals surface area (Å²) in [6.07, 6.45) is 2.98. The summed E-state index contributed by atoms with van der Waals surface area (Å²) in [6.45, 7) is 0. The first-order chi connectivity index (χ1) is 7.81. The Morgan fingerprint density at radius 1 is 1.56 bits per heavy atom. The van der Waals surface area contributed by atoms with Crippen molar-refractivity contribution in [2.24, 2.45) is 0 Å². The van der Waals surface area contributed by atoms with Crippen LogP contribution >= 0.6 is 23.5 Å². The standard InChI is InChI=1S/C12H15NOS2/c1-15-8-12(14)13-10-6-7-16-11-5-3-2-4-9(10)11/h2-5,10H,6-8H2,1H3,(H,13,14)/t10-/m0/s1. The maximum atomic E-state index is 11.6. The molecule has 1 aromatic rings. The fourth-order valence-electron chi connectivity index (χ4n) is 1.86. The number of carbonyl (C=O) groups excluding carboxylic acids is 1. The van der Waals surface area contributed by atoms with Crippen LogP contribution in [0.5, 0.6) is 0 Å². The van der Waals surface area contributed by atoms with E-state index in [0.717, 1.165) is 12.2 Å². The molecule has 1 amide bonds. The second-order valence-electron chi connectivity index (χ2n) is 3.73. The summed E-state index contributed by atoms with van der Waals surface area (Å²) in [5.41, 5.74) is 1.27. The zero-order chi connectivity index (χ0) is 11.4. The molecule has 1 N–H and O–H groups in total. The monoisotopic (exact) mass is 253 g/mol. The Balaban J connectivity index is 2.10. The van der Waals surface area contributed by atoms with Gasteiger partial charge in [-0.3, -0.25) is 4.79 Å². The number of hydrogen-bond acceptors (Lipinski definition) is 3. The Morgan fingerprint density at radius 2 is 2.38 bits per heavy atom. The van der Waals surface area contributed by atoms with Crippen LogP contribution in [-0.2, 0) is 4.79 Å². The molecule has 1 atom stereocenters. The van der Waals surface area contributed by atoms with Gasteiger partial charge in [0.25, 0.3) is 0 Å². The molecule has 16 heavy (non-hydrogen) atoms. The van der Waals surface area contributed by atoms with Crippen LogP contribution < -0.4 is 5.32 Å². The van der Waals surface area contributed by atoms with Crippen molar-refractivity contribution in [1.82, 2.24) is 5.32 Å². The highest BCUT2D eigenvalue weighted by Gasteiger charge is 2.21. The molecule has 0 aromatic heterocycles. The van der Waals surface area contributed by atoms with Crippen molar-refractivity contribution in [3.63, 3.8) is 0 Å². The van der Waals surface area contributed by atoms with Gasteiger partial charge in [0.05, 0.1) is 11.8 Å². The third-order valence-electron chi connectivity index (χ3n) is 2.57. The number of amides is 1. The average molecular weight is 253 g/mol. The maximum Gasteiger partial charge on any atom is 0.230 e. The summed E-state index contributed by atoms with van der Waals surface area (Å²) < 4.78 is 0. The smallest absolute Gasteiger partial charge is 0.230 e. The number of thioether (sulfide) groups is 2. The van der Waals surface area contributed by atoms with E-state index >= 15 is 0 Å². The van der Waals surface area contributed by atoms with E-state index in [1.807, 2.05) is 24.1 Å². The first-order valence-electron chi connectivity index (χ1n) is 5.31. The molecule has 4 heteroatoms. The molecule has 2 rings (SSSR count). The topological polar surface area (TPSA) is 29.1 Å². The Hall–Kier alpha value is -0.610. The maximum absolute atomic E-state index is 11.6. The fraction of sp³-hybridized carbons (Fsp3) is 0.417. The summed E-state index contributed by atoms with van der Waals surface area (Å²) in [5, 5.41) is 3.10. The lowest BCUT2D eigenvalue weighted by molar-refractivity contribution is -0.119. The van der Waals surface area contributed by atoms with E-state index in [2.05, 4.69) is 23.5 Å².